The van der Waals surface area contributed by atoms with E-state index in [-0.39, 0.29) is 5.56 Å². The highest BCUT2D eigenvalue weighted by molar-refractivity contribution is 5.72. The molecule has 0 aliphatic heterocycles. The Bertz CT molecular complexity index is 1180. The van der Waals surface area contributed by atoms with Gasteiger partial charge in [-0.05, 0) is 24.8 Å². The Balaban J connectivity index is 1.69. The lowest BCUT2D eigenvalue weighted by molar-refractivity contribution is 0.659. The zero-order valence-corrected chi connectivity index (χ0v) is 16.1. The Morgan fingerprint density at radius 2 is 1.93 bits per heavy atom. The van der Waals surface area contributed by atoms with E-state index in [2.05, 4.69) is 24.0 Å². The number of aromatic nitrogens is 6. The molecule has 28 heavy (non-hydrogen) atoms. The normalized spacial score (nSPS) is 15.2. The maximum Gasteiger partial charge on any atom is 0.281 e. The van der Waals surface area contributed by atoms with Gasteiger partial charge in [-0.15, -0.1) is 5.10 Å². The summed E-state index contributed by atoms with van der Waals surface area (Å²) in [5.41, 5.74) is 2.17. The number of rotatable bonds is 5. The maximum atomic E-state index is 13.1. The van der Waals surface area contributed by atoms with Crippen LogP contribution in [-0.4, -0.2) is 29.1 Å². The summed E-state index contributed by atoms with van der Waals surface area (Å²) in [6, 6.07) is 10.1. The molecule has 5 rings (SSSR count). The summed E-state index contributed by atoms with van der Waals surface area (Å²) in [6.45, 7) is 2.68. The first-order valence-electron chi connectivity index (χ1n) is 10.2. The first kappa shape index (κ1) is 17.2. The Hall–Kier alpha value is -2.96. The number of hydrogen-bond donors (Lipinski definition) is 1. The predicted molar refractivity (Wildman–Crippen MR) is 108 cm³/mol. The molecule has 3 aromatic heterocycles. The van der Waals surface area contributed by atoms with Gasteiger partial charge in [-0.25, -0.2) is 4.98 Å². The van der Waals surface area contributed by atoms with E-state index in [0.29, 0.717) is 35.8 Å². The average Bonchev–Trinajstić information content (AvgIpc) is 3.44. The molecule has 0 spiro atoms. The van der Waals surface area contributed by atoms with Crippen molar-refractivity contribution < 1.29 is 0 Å². The molecule has 4 aromatic rings. The molecule has 144 valence electrons. The number of imidazole rings is 1. The van der Waals surface area contributed by atoms with E-state index in [9.17, 15) is 4.79 Å². The number of aryl methyl sites for hydroxylation is 1. The molecule has 7 heteroatoms. The molecule has 0 radical (unpaired) electrons. The van der Waals surface area contributed by atoms with Gasteiger partial charge >= 0.3 is 0 Å². The Morgan fingerprint density at radius 3 is 2.68 bits per heavy atom. The second kappa shape index (κ2) is 6.89. The standard InChI is InChI=1S/C21H24N6O/c1-2-12-26-20(28)17-19(23-16(22-17)13-14-8-4-3-5-9-14)27-21(26)24-18(25-27)15-10-6-7-11-15/h3-5,8-9,15H,2,6-7,10-13H2,1H3,(H,22,23). The third-order valence-corrected chi connectivity index (χ3v) is 5.62. The lowest BCUT2D eigenvalue weighted by Gasteiger charge is -2.04. The van der Waals surface area contributed by atoms with E-state index < -0.39 is 0 Å². The Morgan fingerprint density at radius 1 is 1.14 bits per heavy atom. The van der Waals surface area contributed by atoms with Crippen molar-refractivity contribution in [3.8, 4) is 0 Å². The maximum absolute atomic E-state index is 13.1. The molecule has 1 aliphatic carbocycles. The van der Waals surface area contributed by atoms with Gasteiger partial charge in [0.15, 0.2) is 17.0 Å². The fourth-order valence-electron chi connectivity index (χ4n) is 4.23. The van der Waals surface area contributed by atoms with Gasteiger partial charge in [-0.2, -0.15) is 9.50 Å². The molecule has 0 unspecified atom stereocenters. The van der Waals surface area contributed by atoms with Crippen LogP contribution in [0.25, 0.3) is 16.9 Å². The zero-order valence-electron chi connectivity index (χ0n) is 16.1. The van der Waals surface area contributed by atoms with Crippen LogP contribution in [0.3, 0.4) is 0 Å². The smallest absolute Gasteiger partial charge is 0.281 e. The fraction of sp³-hybridized carbons (Fsp3) is 0.429. The lowest BCUT2D eigenvalue weighted by atomic mass is 10.1. The first-order valence-corrected chi connectivity index (χ1v) is 10.2. The van der Waals surface area contributed by atoms with Crippen LogP contribution in [0.2, 0.25) is 0 Å². The molecule has 0 bridgehead atoms. The quantitative estimate of drug-likeness (QED) is 0.579. The molecular formula is C21H24N6O. The van der Waals surface area contributed by atoms with E-state index in [4.69, 9.17) is 15.1 Å². The van der Waals surface area contributed by atoms with Crippen LogP contribution in [0.5, 0.6) is 0 Å². The third kappa shape index (κ3) is 2.82. The fourth-order valence-corrected chi connectivity index (χ4v) is 4.23. The highest BCUT2D eigenvalue weighted by Gasteiger charge is 2.24. The van der Waals surface area contributed by atoms with Gasteiger partial charge in [0.05, 0.1) is 0 Å². The summed E-state index contributed by atoms with van der Waals surface area (Å²) in [5.74, 6) is 2.62. The molecule has 0 atom stereocenters. The number of nitrogens with zero attached hydrogens (tertiary/aromatic N) is 5. The number of fused-ring (bicyclic) bond motifs is 3. The topological polar surface area (TPSA) is 80.9 Å². The van der Waals surface area contributed by atoms with Crippen molar-refractivity contribution >= 4 is 16.9 Å². The van der Waals surface area contributed by atoms with Crippen LogP contribution < -0.4 is 5.56 Å². The zero-order chi connectivity index (χ0) is 19.1. The number of hydrogen-bond acceptors (Lipinski definition) is 4. The van der Waals surface area contributed by atoms with Gasteiger partial charge in [0.25, 0.3) is 5.56 Å². The highest BCUT2D eigenvalue weighted by Crippen LogP contribution is 2.32. The van der Waals surface area contributed by atoms with Gasteiger partial charge in [0.2, 0.25) is 5.78 Å². The second-order valence-corrected chi connectivity index (χ2v) is 7.66. The average molecular weight is 376 g/mol. The summed E-state index contributed by atoms with van der Waals surface area (Å²) in [4.78, 5) is 25.9. The van der Waals surface area contributed by atoms with Gasteiger partial charge in [-0.3, -0.25) is 9.36 Å². The second-order valence-electron chi connectivity index (χ2n) is 7.66. The van der Waals surface area contributed by atoms with E-state index in [1.165, 1.54) is 12.8 Å². The van der Waals surface area contributed by atoms with Gasteiger partial charge in [-0.1, -0.05) is 50.1 Å². The molecule has 1 saturated carbocycles. The predicted octanol–water partition coefficient (Wildman–Crippen LogP) is 3.43. The van der Waals surface area contributed by atoms with Gasteiger partial charge in [0, 0.05) is 18.9 Å². The van der Waals surface area contributed by atoms with E-state index in [0.717, 1.165) is 36.5 Å². The molecule has 1 fully saturated rings. The minimum absolute atomic E-state index is 0.0680. The third-order valence-electron chi connectivity index (χ3n) is 5.62. The summed E-state index contributed by atoms with van der Waals surface area (Å²) in [7, 11) is 0. The Labute approximate surface area is 162 Å². The summed E-state index contributed by atoms with van der Waals surface area (Å²) in [5, 5.41) is 4.79. The molecule has 7 nitrogen and oxygen atoms in total. The van der Waals surface area contributed by atoms with Crippen LogP contribution in [0, 0.1) is 0 Å². The van der Waals surface area contributed by atoms with E-state index in [1.54, 1.807) is 9.08 Å². The van der Waals surface area contributed by atoms with Crippen LogP contribution in [0.15, 0.2) is 35.1 Å². The number of benzene rings is 1. The molecule has 0 saturated heterocycles. The Kier molecular flexibility index (Phi) is 4.22. The molecule has 1 N–H and O–H groups in total. The molecule has 1 aromatic carbocycles. The summed E-state index contributed by atoms with van der Waals surface area (Å²) in [6.07, 6.45) is 6.20. The van der Waals surface area contributed by atoms with Crippen molar-refractivity contribution in [1.82, 2.24) is 29.1 Å². The van der Waals surface area contributed by atoms with Crippen LogP contribution in [0.1, 0.15) is 62.2 Å². The van der Waals surface area contributed by atoms with Crippen molar-refractivity contribution in [3.63, 3.8) is 0 Å². The van der Waals surface area contributed by atoms with Crippen molar-refractivity contribution in [2.45, 2.75) is 57.9 Å². The lowest BCUT2D eigenvalue weighted by Crippen LogP contribution is -2.23. The first-order chi connectivity index (χ1) is 13.7. The van der Waals surface area contributed by atoms with E-state index in [1.807, 2.05) is 18.2 Å². The van der Waals surface area contributed by atoms with Crippen molar-refractivity contribution in [2.75, 3.05) is 0 Å². The van der Waals surface area contributed by atoms with Gasteiger partial charge in [0.1, 0.15) is 5.82 Å². The van der Waals surface area contributed by atoms with Gasteiger partial charge < -0.3 is 4.98 Å². The largest absolute Gasteiger partial charge is 0.336 e. The van der Waals surface area contributed by atoms with Crippen LogP contribution in [0.4, 0.5) is 0 Å². The van der Waals surface area contributed by atoms with Crippen molar-refractivity contribution in [1.29, 1.82) is 0 Å². The van der Waals surface area contributed by atoms with E-state index >= 15 is 0 Å². The van der Waals surface area contributed by atoms with Crippen LogP contribution >= 0.6 is 0 Å². The minimum atomic E-state index is -0.0680. The van der Waals surface area contributed by atoms with Crippen molar-refractivity contribution in [3.05, 3.63) is 57.9 Å². The minimum Gasteiger partial charge on any atom is -0.336 e. The number of aromatic amines is 1. The summed E-state index contributed by atoms with van der Waals surface area (Å²) < 4.78 is 3.50. The molecular weight excluding hydrogens is 352 g/mol. The summed E-state index contributed by atoms with van der Waals surface area (Å²) >= 11 is 0. The molecule has 1 aliphatic rings. The number of H-pyrrole nitrogens is 1. The highest BCUT2D eigenvalue weighted by atomic mass is 16.1. The SMILES string of the molecule is CCCn1c(=O)c2[nH]c(Cc3ccccc3)nc2n2nc(C3CCCC3)nc12. The monoisotopic (exact) mass is 376 g/mol. The molecule has 3 heterocycles. The number of nitrogens with one attached hydrogen (secondary N) is 1. The molecule has 0 amide bonds. The van der Waals surface area contributed by atoms with Crippen molar-refractivity contribution in [2.24, 2.45) is 0 Å². The van der Waals surface area contributed by atoms with Crippen LogP contribution in [-0.2, 0) is 13.0 Å².